The molecule has 27 nitrogen and oxygen atoms in total. The lowest BCUT2D eigenvalue weighted by molar-refractivity contribution is -0.142. The van der Waals surface area contributed by atoms with E-state index in [0.717, 1.165) is 0 Å². The number of carboxylic acids is 1. The number of hydrogen-bond acceptors (Lipinski definition) is 15. The summed E-state index contributed by atoms with van der Waals surface area (Å²) < 4.78 is 0. The summed E-state index contributed by atoms with van der Waals surface area (Å²) in [5, 5.41) is 63.4. The fraction of sp³-hybridized carbons (Fsp3) is 0.596. The lowest BCUT2D eigenvalue weighted by Crippen LogP contribution is -2.62. The van der Waals surface area contributed by atoms with Crippen molar-refractivity contribution >= 4 is 65.1 Å². The number of aliphatic hydroxyl groups excluding tert-OH is 1. The van der Waals surface area contributed by atoms with Gasteiger partial charge in [0, 0.05) is 19.4 Å². The van der Waals surface area contributed by atoms with Crippen LogP contribution in [0.3, 0.4) is 0 Å². The van der Waals surface area contributed by atoms with Crippen LogP contribution in [0.2, 0.25) is 0 Å². The molecule has 9 amide bonds. The highest BCUT2D eigenvalue weighted by atomic mass is 16.4. The lowest BCUT2D eigenvalue weighted by Gasteiger charge is -2.30. The van der Waals surface area contributed by atoms with Gasteiger partial charge < -0.3 is 85.5 Å². The average Bonchev–Trinajstić information content (AvgIpc) is 3.50. The molecule has 0 aromatic heterocycles. The van der Waals surface area contributed by atoms with Crippen molar-refractivity contribution in [2.75, 3.05) is 13.2 Å². The molecule has 2 rings (SSSR count). The van der Waals surface area contributed by atoms with E-state index in [1.54, 1.807) is 55.4 Å². The maximum atomic E-state index is 14.3. The third-order valence-corrected chi connectivity index (χ3v) is 13.3. The Bertz CT molecular complexity index is 2560. The number of nitrogens with two attached hydrogens (primary N) is 3. The number of phenolic OH excluding ortho intramolecular Hbond substituents is 2. The zero-order valence-electron chi connectivity index (χ0n) is 50.0. The van der Waals surface area contributed by atoms with Gasteiger partial charge in [0.15, 0.2) is 5.96 Å². The third kappa shape index (κ3) is 25.2. The van der Waals surface area contributed by atoms with Gasteiger partial charge in [0.05, 0.1) is 12.6 Å². The molecule has 0 aliphatic heterocycles. The van der Waals surface area contributed by atoms with Crippen LogP contribution in [0.5, 0.6) is 11.5 Å². The minimum Gasteiger partial charge on any atom is -0.508 e. The average molecular weight is 1180 g/mol. The van der Waals surface area contributed by atoms with Crippen LogP contribution in [0, 0.1) is 29.6 Å². The number of carboxylic acid groups (broad SMARTS) is 1. The number of aliphatic imine (C=N–C) groups is 1. The van der Waals surface area contributed by atoms with Gasteiger partial charge in [-0.15, -0.1) is 0 Å². The summed E-state index contributed by atoms with van der Waals surface area (Å²) in [7, 11) is 0. The fourth-order valence-corrected chi connectivity index (χ4v) is 8.41. The minimum absolute atomic E-state index is 0.00864. The van der Waals surface area contributed by atoms with Gasteiger partial charge in [0.25, 0.3) is 0 Å². The SMILES string of the molecule is CC(C)C[C@H](NC(=O)[C@H](C)NC(=O)[C@@H](N)C(C)C)C(=O)N[C@@H](CC(C)C)C(=O)N[C@@H](CO)C(=O)N[C@H](C(=O)N[C@@H](CCCN=C(N)N)C(=O)N[C@H](C(=O)N[C@@H](Cc1ccc(O)cc1)C(=O)N[C@@H](Cc1ccc(O)cc1)C(=O)O)C(C)C)C(C)C. The number of carbonyl (C=O) groups is 10. The second-order valence-corrected chi connectivity index (χ2v) is 22.8. The smallest absolute Gasteiger partial charge is 0.326 e. The lowest BCUT2D eigenvalue weighted by atomic mass is 9.99. The summed E-state index contributed by atoms with van der Waals surface area (Å²) in [6, 6.07) is -1.83. The molecule has 2 aromatic carbocycles. The normalized spacial score (nSPS) is 14.9. The number of aromatic hydroxyl groups is 2. The second kappa shape index (κ2) is 35.2. The number of aliphatic carboxylic acids is 1. The van der Waals surface area contributed by atoms with Crippen molar-refractivity contribution in [2.24, 2.45) is 51.8 Å². The van der Waals surface area contributed by atoms with Gasteiger partial charge in [-0.2, -0.15) is 0 Å². The molecule has 0 aliphatic carbocycles. The van der Waals surface area contributed by atoms with Crippen molar-refractivity contribution in [2.45, 2.75) is 175 Å². The highest BCUT2D eigenvalue weighted by Crippen LogP contribution is 2.16. The number of aliphatic hydroxyl groups is 1. The van der Waals surface area contributed by atoms with Gasteiger partial charge >= 0.3 is 5.97 Å². The zero-order valence-corrected chi connectivity index (χ0v) is 50.0. The first-order valence-electron chi connectivity index (χ1n) is 28.2. The fourth-order valence-electron chi connectivity index (χ4n) is 8.41. The Morgan fingerprint density at radius 2 is 0.821 bits per heavy atom. The number of nitrogens with zero attached hydrogens (tertiary/aromatic N) is 1. The van der Waals surface area contributed by atoms with Crippen LogP contribution >= 0.6 is 0 Å². The van der Waals surface area contributed by atoms with E-state index in [4.69, 9.17) is 17.2 Å². The molecule has 84 heavy (non-hydrogen) atoms. The van der Waals surface area contributed by atoms with Gasteiger partial charge in [0.2, 0.25) is 53.2 Å². The van der Waals surface area contributed by atoms with E-state index in [0.29, 0.717) is 11.1 Å². The molecule has 27 heteroatoms. The summed E-state index contributed by atoms with van der Waals surface area (Å²) in [6.45, 7) is 17.5. The first-order chi connectivity index (χ1) is 39.2. The number of benzene rings is 2. The molecule has 2 aromatic rings. The van der Waals surface area contributed by atoms with Crippen LogP contribution in [0.15, 0.2) is 53.5 Å². The molecular weight excluding hydrogens is 1090 g/mol. The highest BCUT2D eigenvalue weighted by molar-refractivity contribution is 5.98. The number of rotatable bonds is 35. The number of guanidine groups is 1. The van der Waals surface area contributed by atoms with E-state index in [9.17, 15) is 68.4 Å². The van der Waals surface area contributed by atoms with Crippen LogP contribution in [-0.4, -0.2) is 159 Å². The Kier molecular flexibility index (Phi) is 30.1. The molecule has 0 spiro atoms. The van der Waals surface area contributed by atoms with Crippen LogP contribution < -0.4 is 65.1 Å². The van der Waals surface area contributed by atoms with Gasteiger partial charge in [-0.1, -0.05) is 93.5 Å². The summed E-state index contributed by atoms with van der Waals surface area (Å²) in [6.07, 6.45) is -0.201. The van der Waals surface area contributed by atoms with Crippen molar-refractivity contribution in [1.82, 2.24) is 47.9 Å². The maximum Gasteiger partial charge on any atom is 0.326 e. The molecule has 0 unspecified atom stereocenters. The van der Waals surface area contributed by atoms with E-state index in [-0.39, 0.29) is 80.3 Å². The number of nitrogens with one attached hydrogen (secondary N) is 9. The van der Waals surface area contributed by atoms with E-state index in [2.05, 4.69) is 52.8 Å². The number of phenols is 2. The standard InChI is InChI=1S/C57H91N13O14/c1-28(2)23-39(64-47(74)33(11)62-53(80)44(58)30(5)6)49(76)65-40(24-29(3)4)50(77)68-43(27-71)52(79)70-45(31(7)8)54(81)63-38(13-12-22-61-57(59)60)48(75)69-46(32(9)10)55(82)66-41(25-34-14-18-36(72)19-15-34)51(78)67-42(56(83)84)26-35-16-20-37(73)21-17-35/h14-21,28-33,38-46,71-73H,12-13,22-27,58H2,1-11H3,(H,62,80)(H,63,81)(H,64,74)(H,65,76)(H,66,82)(H,67,78)(H,68,77)(H,69,75)(H,70,79)(H,83,84)(H4,59,60,61)/t33-,38-,39-,40-,41-,42-,43-,44-,45-,46-/m0/s1. The summed E-state index contributed by atoms with van der Waals surface area (Å²) in [5.41, 5.74) is 17.9. The minimum atomic E-state index is -1.68. The van der Waals surface area contributed by atoms with Crippen LogP contribution in [0.1, 0.15) is 113 Å². The molecule has 0 saturated heterocycles. The van der Waals surface area contributed by atoms with Crippen molar-refractivity contribution in [3.05, 3.63) is 59.7 Å². The van der Waals surface area contributed by atoms with Gasteiger partial charge in [-0.25, -0.2) is 4.79 Å². The van der Waals surface area contributed by atoms with E-state index >= 15 is 0 Å². The Morgan fingerprint density at radius 3 is 1.23 bits per heavy atom. The molecule has 468 valence electrons. The predicted molar refractivity (Wildman–Crippen MR) is 313 cm³/mol. The van der Waals surface area contributed by atoms with E-state index < -0.39 is 138 Å². The molecule has 0 fully saturated rings. The van der Waals surface area contributed by atoms with Crippen molar-refractivity contribution in [3.8, 4) is 11.5 Å². The molecule has 10 atom stereocenters. The van der Waals surface area contributed by atoms with Gasteiger partial charge in [-0.3, -0.25) is 48.1 Å². The van der Waals surface area contributed by atoms with Crippen molar-refractivity contribution < 1.29 is 68.4 Å². The number of carbonyl (C=O) groups excluding carboxylic acids is 9. The Balaban J connectivity index is 2.39. The Hall–Kier alpha value is -8.07. The van der Waals surface area contributed by atoms with Crippen LogP contribution in [-0.2, 0) is 60.8 Å². The van der Waals surface area contributed by atoms with E-state index in [1.807, 2.05) is 13.8 Å². The molecule has 0 heterocycles. The quantitative estimate of drug-likeness (QED) is 0.0219. The van der Waals surface area contributed by atoms with Gasteiger partial charge in [-0.05, 0) is 97.6 Å². The molecule has 19 N–H and O–H groups in total. The first kappa shape index (κ1) is 72.0. The topological polar surface area (TPSA) is 450 Å². The second-order valence-electron chi connectivity index (χ2n) is 22.8. The molecule has 0 saturated carbocycles. The number of hydrogen-bond donors (Lipinski definition) is 16. The highest BCUT2D eigenvalue weighted by Gasteiger charge is 2.37. The monoisotopic (exact) mass is 1180 g/mol. The number of amides is 9. The van der Waals surface area contributed by atoms with Crippen LogP contribution in [0.4, 0.5) is 0 Å². The summed E-state index contributed by atoms with van der Waals surface area (Å²) in [4.78, 5) is 141. The summed E-state index contributed by atoms with van der Waals surface area (Å²) in [5.74, 6) is -11.1. The van der Waals surface area contributed by atoms with Crippen LogP contribution in [0.25, 0.3) is 0 Å². The third-order valence-electron chi connectivity index (χ3n) is 13.3. The molecular formula is C57H91N13O14. The molecule has 0 radical (unpaired) electrons. The Morgan fingerprint density at radius 1 is 0.452 bits per heavy atom. The molecule has 0 bridgehead atoms. The summed E-state index contributed by atoms with van der Waals surface area (Å²) >= 11 is 0. The van der Waals surface area contributed by atoms with Gasteiger partial charge in [0.1, 0.15) is 65.9 Å². The molecule has 0 aliphatic rings. The van der Waals surface area contributed by atoms with Crippen molar-refractivity contribution in [1.29, 1.82) is 0 Å². The predicted octanol–water partition coefficient (Wildman–Crippen LogP) is -1.22. The first-order valence-corrected chi connectivity index (χ1v) is 28.2. The maximum absolute atomic E-state index is 14.3. The van der Waals surface area contributed by atoms with E-state index in [1.165, 1.54) is 55.5 Å². The zero-order chi connectivity index (χ0) is 63.7. The Labute approximate surface area is 491 Å². The van der Waals surface area contributed by atoms with Crippen molar-refractivity contribution in [3.63, 3.8) is 0 Å². The largest absolute Gasteiger partial charge is 0.508 e.